The molecule has 2 heterocycles. The van der Waals surface area contributed by atoms with Crippen LogP contribution in [0.4, 0.5) is 5.82 Å². The molecule has 90 valence electrons. The minimum absolute atomic E-state index is 0.607. The fraction of sp³-hybridized carbons (Fsp3) is 0.385. The summed E-state index contributed by atoms with van der Waals surface area (Å²) in [5, 5.41) is 0. The summed E-state index contributed by atoms with van der Waals surface area (Å²) in [6.45, 7) is 5.21. The Bertz CT molecular complexity index is 482. The van der Waals surface area contributed by atoms with Crippen LogP contribution in [-0.4, -0.2) is 14.5 Å². The zero-order valence-electron chi connectivity index (χ0n) is 10.3. The molecular weight excluding hydrogens is 212 g/mol. The lowest BCUT2D eigenvalue weighted by atomic mass is 10.1. The maximum atomic E-state index is 5.91. The Morgan fingerprint density at radius 3 is 2.82 bits per heavy atom. The Morgan fingerprint density at radius 1 is 1.29 bits per heavy atom. The molecule has 2 rings (SSSR count). The number of rotatable bonds is 4. The minimum Gasteiger partial charge on any atom is -0.383 e. The lowest BCUT2D eigenvalue weighted by Crippen LogP contribution is -2.07. The molecule has 2 N–H and O–H groups in total. The van der Waals surface area contributed by atoms with Crippen LogP contribution in [0, 0.1) is 6.92 Å². The number of hydrogen-bond acceptors (Lipinski definition) is 3. The van der Waals surface area contributed by atoms with Crippen LogP contribution in [0.3, 0.4) is 0 Å². The third-order valence-electron chi connectivity index (χ3n) is 2.92. The van der Waals surface area contributed by atoms with Gasteiger partial charge in [-0.05, 0) is 25.0 Å². The van der Waals surface area contributed by atoms with Crippen LogP contribution < -0.4 is 5.73 Å². The van der Waals surface area contributed by atoms with Gasteiger partial charge in [-0.25, -0.2) is 9.97 Å². The molecule has 0 fully saturated rings. The predicted molar refractivity (Wildman–Crippen MR) is 68.7 cm³/mol. The van der Waals surface area contributed by atoms with E-state index in [0.717, 1.165) is 30.8 Å². The fourth-order valence-electron chi connectivity index (χ4n) is 1.95. The molecule has 0 unspecified atom stereocenters. The number of imidazole rings is 1. The predicted octanol–water partition coefficient (Wildman–Crippen LogP) is 2.17. The van der Waals surface area contributed by atoms with Crippen LogP contribution in [0.25, 0.3) is 0 Å². The molecule has 0 radical (unpaired) electrons. The van der Waals surface area contributed by atoms with Gasteiger partial charge >= 0.3 is 0 Å². The molecule has 0 aliphatic heterocycles. The summed E-state index contributed by atoms with van der Waals surface area (Å²) in [4.78, 5) is 8.53. The highest BCUT2D eigenvalue weighted by atomic mass is 15.1. The highest BCUT2D eigenvalue weighted by molar-refractivity contribution is 5.45. The van der Waals surface area contributed by atoms with Crippen LogP contribution in [0.1, 0.15) is 30.3 Å². The Labute approximate surface area is 102 Å². The first-order valence-corrected chi connectivity index (χ1v) is 5.92. The Morgan fingerprint density at radius 2 is 2.12 bits per heavy atom. The number of hydrogen-bond donors (Lipinski definition) is 1. The summed E-state index contributed by atoms with van der Waals surface area (Å²) >= 11 is 0. The summed E-state index contributed by atoms with van der Waals surface area (Å²) in [7, 11) is 0. The second-order valence-electron chi connectivity index (χ2n) is 4.21. The van der Waals surface area contributed by atoms with Gasteiger partial charge < -0.3 is 10.3 Å². The SMILES string of the molecule is CCCn1ccnc1Cc1c(C)ccnc1N. The van der Waals surface area contributed by atoms with Crippen molar-refractivity contribution in [2.75, 3.05) is 5.73 Å². The number of nitrogens with two attached hydrogens (primary N) is 1. The second kappa shape index (κ2) is 4.99. The fourth-order valence-corrected chi connectivity index (χ4v) is 1.95. The number of aryl methyl sites for hydroxylation is 2. The Hall–Kier alpha value is -1.84. The number of anilines is 1. The molecule has 0 amide bonds. The maximum Gasteiger partial charge on any atom is 0.127 e. The average molecular weight is 230 g/mol. The molecule has 0 saturated carbocycles. The van der Waals surface area contributed by atoms with Crippen molar-refractivity contribution in [2.24, 2.45) is 0 Å². The van der Waals surface area contributed by atoms with E-state index in [1.54, 1.807) is 6.20 Å². The van der Waals surface area contributed by atoms with E-state index in [4.69, 9.17) is 5.73 Å². The van der Waals surface area contributed by atoms with E-state index in [0.29, 0.717) is 5.82 Å². The lowest BCUT2D eigenvalue weighted by molar-refractivity contribution is 0.646. The van der Waals surface area contributed by atoms with Gasteiger partial charge in [0.15, 0.2) is 0 Å². The molecule has 2 aromatic rings. The highest BCUT2D eigenvalue weighted by Gasteiger charge is 2.09. The van der Waals surface area contributed by atoms with Gasteiger partial charge in [0.05, 0.1) is 0 Å². The molecule has 0 aliphatic carbocycles. The molecule has 4 heteroatoms. The zero-order chi connectivity index (χ0) is 12.3. The first-order valence-electron chi connectivity index (χ1n) is 5.92. The van der Waals surface area contributed by atoms with E-state index in [1.807, 2.05) is 18.5 Å². The molecule has 17 heavy (non-hydrogen) atoms. The van der Waals surface area contributed by atoms with Gasteiger partial charge in [0.1, 0.15) is 11.6 Å². The third kappa shape index (κ3) is 2.46. The zero-order valence-corrected chi connectivity index (χ0v) is 10.3. The second-order valence-corrected chi connectivity index (χ2v) is 4.21. The quantitative estimate of drug-likeness (QED) is 0.875. The summed E-state index contributed by atoms with van der Waals surface area (Å²) in [6.07, 6.45) is 7.45. The van der Waals surface area contributed by atoms with Crippen molar-refractivity contribution in [2.45, 2.75) is 33.2 Å². The number of nitrogen functional groups attached to an aromatic ring is 1. The average Bonchev–Trinajstić information content (AvgIpc) is 2.72. The van der Waals surface area contributed by atoms with Crippen molar-refractivity contribution in [3.8, 4) is 0 Å². The highest BCUT2D eigenvalue weighted by Crippen LogP contribution is 2.17. The molecule has 0 bridgehead atoms. The van der Waals surface area contributed by atoms with E-state index < -0.39 is 0 Å². The molecule has 0 saturated heterocycles. The van der Waals surface area contributed by atoms with E-state index in [9.17, 15) is 0 Å². The van der Waals surface area contributed by atoms with E-state index in [-0.39, 0.29) is 0 Å². The standard InChI is InChI=1S/C13H18N4/c1-3-7-17-8-6-15-12(17)9-11-10(2)4-5-16-13(11)14/h4-6,8H,3,7,9H2,1-2H3,(H2,14,16). The summed E-state index contributed by atoms with van der Waals surface area (Å²) in [5.74, 6) is 1.66. The van der Waals surface area contributed by atoms with Crippen molar-refractivity contribution in [1.29, 1.82) is 0 Å². The van der Waals surface area contributed by atoms with Crippen LogP contribution in [0.5, 0.6) is 0 Å². The number of pyridine rings is 1. The molecule has 0 spiro atoms. The van der Waals surface area contributed by atoms with Gasteiger partial charge in [0.25, 0.3) is 0 Å². The molecule has 4 nitrogen and oxygen atoms in total. The molecule has 0 aromatic carbocycles. The topological polar surface area (TPSA) is 56.7 Å². The summed E-state index contributed by atoms with van der Waals surface area (Å²) < 4.78 is 2.17. The van der Waals surface area contributed by atoms with Gasteiger partial charge in [-0.1, -0.05) is 6.92 Å². The van der Waals surface area contributed by atoms with Crippen LogP contribution in [0.15, 0.2) is 24.7 Å². The first kappa shape index (κ1) is 11.6. The summed E-state index contributed by atoms with van der Waals surface area (Å²) in [6, 6.07) is 1.98. The smallest absolute Gasteiger partial charge is 0.127 e. The van der Waals surface area contributed by atoms with Crippen molar-refractivity contribution in [1.82, 2.24) is 14.5 Å². The van der Waals surface area contributed by atoms with Gasteiger partial charge in [-0.15, -0.1) is 0 Å². The number of aromatic nitrogens is 3. The van der Waals surface area contributed by atoms with Crippen molar-refractivity contribution in [3.05, 3.63) is 41.6 Å². The maximum absolute atomic E-state index is 5.91. The van der Waals surface area contributed by atoms with E-state index in [1.165, 1.54) is 5.56 Å². The largest absolute Gasteiger partial charge is 0.383 e. The van der Waals surface area contributed by atoms with Crippen LogP contribution >= 0.6 is 0 Å². The summed E-state index contributed by atoms with van der Waals surface area (Å²) in [5.41, 5.74) is 8.16. The van der Waals surface area contributed by atoms with Crippen molar-refractivity contribution in [3.63, 3.8) is 0 Å². The van der Waals surface area contributed by atoms with Gasteiger partial charge in [-0.2, -0.15) is 0 Å². The van der Waals surface area contributed by atoms with E-state index in [2.05, 4.69) is 28.4 Å². The van der Waals surface area contributed by atoms with Crippen molar-refractivity contribution >= 4 is 5.82 Å². The molecule has 0 atom stereocenters. The Balaban J connectivity index is 2.28. The van der Waals surface area contributed by atoms with Gasteiger partial charge in [-0.3, -0.25) is 0 Å². The normalized spacial score (nSPS) is 10.7. The molecular formula is C13H18N4. The third-order valence-corrected chi connectivity index (χ3v) is 2.92. The molecule has 2 aromatic heterocycles. The monoisotopic (exact) mass is 230 g/mol. The number of nitrogens with zero attached hydrogens (tertiary/aromatic N) is 3. The first-order chi connectivity index (χ1) is 8.22. The Kier molecular flexibility index (Phi) is 3.42. The van der Waals surface area contributed by atoms with Crippen LogP contribution in [0.2, 0.25) is 0 Å². The lowest BCUT2D eigenvalue weighted by Gasteiger charge is -2.10. The van der Waals surface area contributed by atoms with Gasteiger partial charge in [0, 0.05) is 37.1 Å². The van der Waals surface area contributed by atoms with Crippen LogP contribution in [-0.2, 0) is 13.0 Å². The van der Waals surface area contributed by atoms with E-state index >= 15 is 0 Å². The molecule has 0 aliphatic rings. The van der Waals surface area contributed by atoms with Crippen molar-refractivity contribution < 1.29 is 0 Å². The minimum atomic E-state index is 0.607. The van der Waals surface area contributed by atoms with Gasteiger partial charge in [0.2, 0.25) is 0 Å².